The molecule has 0 bridgehead atoms. The fourth-order valence-corrected chi connectivity index (χ4v) is 2.01. The largest absolute Gasteiger partial charge is 0.352 e. The third kappa shape index (κ3) is 2.38. The quantitative estimate of drug-likeness (QED) is 0.828. The van der Waals surface area contributed by atoms with Crippen LogP contribution in [0.1, 0.15) is 5.82 Å². The summed E-state index contributed by atoms with van der Waals surface area (Å²) in [6, 6.07) is 4.11. The lowest BCUT2D eigenvalue weighted by Gasteiger charge is -2.07. The van der Waals surface area contributed by atoms with Crippen LogP contribution in [0.4, 0.5) is 9.18 Å². The van der Waals surface area contributed by atoms with Crippen molar-refractivity contribution in [3.8, 4) is 0 Å². The first-order chi connectivity index (χ1) is 8.63. The van der Waals surface area contributed by atoms with Gasteiger partial charge in [0.1, 0.15) is 11.3 Å². The summed E-state index contributed by atoms with van der Waals surface area (Å²) in [5, 5.41) is 2.47. The minimum atomic E-state index is -0.599. The van der Waals surface area contributed by atoms with Crippen LogP contribution in [0.15, 0.2) is 18.2 Å². The molecular weight excluding hydrogens is 259 g/mol. The number of alkyl halides is 1. The number of imidazole rings is 1. The molecule has 0 spiro atoms. The molecule has 2 aromatic rings. The first-order valence-electron chi connectivity index (χ1n) is 5.36. The summed E-state index contributed by atoms with van der Waals surface area (Å²) < 4.78 is 15.3. The van der Waals surface area contributed by atoms with E-state index in [0.29, 0.717) is 24.4 Å². The number of primary amides is 1. The van der Waals surface area contributed by atoms with Gasteiger partial charge in [0.2, 0.25) is 0 Å². The van der Waals surface area contributed by atoms with Gasteiger partial charge in [0, 0.05) is 13.1 Å². The molecule has 0 saturated carbocycles. The number of carbonyl (C=O) groups excluding carboxylic acids is 1. The van der Waals surface area contributed by atoms with Gasteiger partial charge in [0.05, 0.1) is 11.4 Å². The molecule has 2 amide bonds. The molecule has 1 aromatic carbocycles. The van der Waals surface area contributed by atoms with E-state index in [-0.39, 0.29) is 17.2 Å². The molecule has 18 heavy (non-hydrogen) atoms. The maximum absolute atomic E-state index is 13.6. The third-order valence-electron chi connectivity index (χ3n) is 2.56. The van der Waals surface area contributed by atoms with E-state index < -0.39 is 6.03 Å². The average Bonchev–Trinajstić information content (AvgIpc) is 2.69. The van der Waals surface area contributed by atoms with Crippen LogP contribution in [0.3, 0.4) is 0 Å². The van der Waals surface area contributed by atoms with Gasteiger partial charge in [-0.1, -0.05) is 6.07 Å². The van der Waals surface area contributed by atoms with E-state index in [2.05, 4.69) is 10.3 Å². The highest BCUT2D eigenvalue weighted by molar-refractivity contribution is 6.16. The Balaban J connectivity index is 2.35. The summed E-state index contributed by atoms with van der Waals surface area (Å²) in [5.41, 5.74) is 5.91. The van der Waals surface area contributed by atoms with Crippen molar-refractivity contribution in [2.45, 2.75) is 12.4 Å². The molecule has 0 atom stereocenters. The number of halogens is 2. The second kappa shape index (κ2) is 5.22. The van der Waals surface area contributed by atoms with Crippen molar-refractivity contribution in [1.82, 2.24) is 14.9 Å². The van der Waals surface area contributed by atoms with Crippen molar-refractivity contribution in [1.29, 1.82) is 0 Å². The van der Waals surface area contributed by atoms with Crippen molar-refractivity contribution in [3.63, 3.8) is 0 Å². The number of nitrogens with two attached hydrogens (primary N) is 1. The van der Waals surface area contributed by atoms with E-state index >= 15 is 0 Å². The molecule has 0 aliphatic rings. The Labute approximate surface area is 108 Å². The van der Waals surface area contributed by atoms with Gasteiger partial charge in [-0.3, -0.25) is 0 Å². The zero-order chi connectivity index (χ0) is 13.1. The molecule has 1 aromatic heterocycles. The number of aromatic nitrogens is 2. The summed E-state index contributed by atoms with van der Waals surface area (Å²) in [7, 11) is 0. The normalized spacial score (nSPS) is 10.8. The molecule has 0 aliphatic carbocycles. The van der Waals surface area contributed by atoms with Gasteiger partial charge < -0.3 is 15.6 Å². The predicted molar refractivity (Wildman–Crippen MR) is 66.8 cm³/mol. The van der Waals surface area contributed by atoms with Crippen LogP contribution in [0.5, 0.6) is 0 Å². The number of amides is 2. The van der Waals surface area contributed by atoms with Gasteiger partial charge in [0.15, 0.2) is 5.82 Å². The molecule has 5 nitrogen and oxygen atoms in total. The number of fused-ring (bicyclic) bond motifs is 1. The second-order valence-corrected chi connectivity index (χ2v) is 3.98. The van der Waals surface area contributed by atoms with Crippen LogP contribution in [-0.2, 0) is 12.4 Å². The van der Waals surface area contributed by atoms with Gasteiger partial charge in [-0.25, -0.2) is 14.2 Å². The summed E-state index contributed by atoms with van der Waals surface area (Å²) in [6.07, 6.45) is 0. The van der Waals surface area contributed by atoms with Crippen LogP contribution in [-0.4, -0.2) is 22.1 Å². The fourth-order valence-electron chi connectivity index (χ4n) is 1.80. The van der Waals surface area contributed by atoms with Crippen LogP contribution in [0, 0.1) is 5.82 Å². The summed E-state index contributed by atoms with van der Waals surface area (Å²) in [4.78, 5) is 14.7. The molecule has 3 N–H and O–H groups in total. The Hall–Kier alpha value is -1.82. The van der Waals surface area contributed by atoms with Crippen molar-refractivity contribution in [3.05, 3.63) is 29.8 Å². The van der Waals surface area contributed by atoms with Crippen molar-refractivity contribution in [2.75, 3.05) is 6.54 Å². The van der Waals surface area contributed by atoms with Gasteiger partial charge in [-0.15, -0.1) is 11.6 Å². The van der Waals surface area contributed by atoms with Crippen LogP contribution < -0.4 is 11.1 Å². The Kier molecular flexibility index (Phi) is 3.66. The first-order valence-corrected chi connectivity index (χ1v) is 5.90. The van der Waals surface area contributed by atoms with Gasteiger partial charge in [-0.2, -0.15) is 0 Å². The summed E-state index contributed by atoms with van der Waals surface area (Å²) in [6.45, 7) is 0.770. The lowest BCUT2D eigenvalue weighted by molar-refractivity contribution is 0.248. The van der Waals surface area contributed by atoms with E-state index in [0.717, 1.165) is 0 Å². The summed E-state index contributed by atoms with van der Waals surface area (Å²) in [5.74, 6) is 0.341. The number of hydrogen-bond donors (Lipinski definition) is 2. The minimum absolute atomic E-state index is 0.171. The molecule has 7 heteroatoms. The van der Waals surface area contributed by atoms with Gasteiger partial charge in [-0.05, 0) is 12.1 Å². The van der Waals surface area contributed by atoms with Crippen LogP contribution in [0.2, 0.25) is 0 Å². The number of carbonyl (C=O) groups is 1. The SMILES string of the molecule is NC(=O)NCCn1c(CCl)nc2c(F)cccc21. The monoisotopic (exact) mass is 270 g/mol. The summed E-state index contributed by atoms with van der Waals surface area (Å²) >= 11 is 5.78. The Morgan fingerprint density at radius 1 is 1.56 bits per heavy atom. The van der Waals surface area contributed by atoms with Gasteiger partial charge in [0.25, 0.3) is 0 Å². The smallest absolute Gasteiger partial charge is 0.312 e. The molecule has 0 radical (unpaired) electrons. The van der Waals surface area contributed by atoms with E-state index in [1.54, 1.807) is 16.7 Å². The van der Waals surface area contributed by atoms with Gasteiger partial charge >= 0.3 is 6.03 Å². The number of rotatable bonds is 4. The lowest BCUT2D eigenvalue weighted by atomic mass is 10.3. The molecule has 0 saturated heterocycles. The van der Waals surface area contributed by atoms with E-state index in [1.807, 2.05) is 0 Å². The van der Waals surface area contributed by atoms with E-state index in [9.17, 15) is 9.18 Å². The van der Waals surface area contributed by atoms with Crippen LogP contribution in [0.25, 0.3) is 11.0 Å². The minimum Gasteiger partial charge on any atom is -0.352 e. The van der Waals surface area contributed by atoms with Crippen molar-refractivity contribution < 1.29 is 9.18 Å². The maximum Gasteiger partial charge on any atom is 0.312 e. The molecule has 0 aliphatic heterocycles. The number of urea groups is 1. The Bertz CT molecular complexity index is 584. The number of hydrogen-bond acceptors (Lipinski definition) is 2. The third-order valence-corrected chi connectivity index (χ3v) is 2.80. The Morgan fingerprint density at radius 3 is 3.00 bits per heavy atom. The maximum atomic E-state index is 13.6. The van der Waals surface area contributed by atoms with Crippen molar-refractivity contribution >= 4 is 28.7 Å². The standard InChI is InChI=1S/C11H12ClFN4O/c12-6-9-16-10-7(13)2-1-3-8(10)17(9)5-4-15-11(14)18/h1-3H,4-6H2,(H3,14,15,18). The zero-order valence-electron chi connectivity index (χ0n) is 9.49. The average molecular weight is 271 g/mol. The van der Waals surface area contributed by atoms with Crippen LogP contribution >= 0.6 is 11.6 Å². The highest BCUT2D eigenvalue weighted by Gasteiger charge is 2.12. The molecule has 0 unspecified atom stereocenters. The topological polar surface area (TPSA) is 72.9 Å². The molecule has 2 rings (SSSR count). The zero-order valence-corrected chi connectivity index (χ0v) is 10.2. The number of nitrogens with zero attached hydrogens (tertiary/aromatic N) is 2. The van der Waals surface area contributed by atoms with E-state index in [4.69, 9.17) is 17.3 Å². The molecule has 1 heterocycles. The fraction of sp³-hybridized carbons (Fsp3) is 0.273. The number of benzene rings is 1. The highest BCUT2D eigenvalue weighted by Crippen LogP contribution is 2.19. The molecule has 0 fully saturated rings. The Morgan fingerprint density at radius 2 is 2.33 bits per heavy atom. The van der Waals surface area contributed by atoms with E-state index in [1.165, 1.54) is 6.07 Å². The molecular formula is C11H12ClFN4O. The lowest BCUT2D eigenvalue weighted by Crippen LogP contribution is -2.32. The number of para-hydroxylation sites is 1. The molecule has 96 valence electrons. The highest BCUT2D eigenvalue weighted by atomic mass is 35.5. The number of nitrogens with one attached hydrogen (secondary N) is 1. The second-order valence-electron chi connectivity index (χ2n) is 3.71. The van der Waals surface area contributed by atoms with Crippen molar-refractivity contribution in [2.24, 2.45) is 5.73 Å². The predicted octanol–water partition coefficient (Wildman–Crippen LogP) is 1.58. The first kappa shape index (κ1) is 12.6.